The molecule has 0 aliphatic carbocycles. The van der Waals surface area contributed by atoms with E-state index in [0.717, 1.165) is 5.56 Å². The van der Waals surface area contributed by atoms with Crippen molar-refractivity contribution in [3.63, 3.8) is 0 Å². The molecule has 0 spiro atoms. The van der Waals surface area contributed by atoms with Gasteiger partial charge in [-0.15, -0.1) is 0 Å². The third-order valence-electron chi connectivity index (χ3n) is 4.33. The fourth-order valence-corrected chi connectivity index (χ4v) is 4.71. The molecule has 3 rings (SSSR count). The molecule has 0 radical (unpaired) electrons. The van der Waals surface area contributed by atoms with Gasteiger partial charge in [0.15, 0.2) is 11.5 Å². The number of hydrogen-bond acceptors (Lipinski definition) is 5. The monoisotopic (exact) mass is 678 g/mol. The van der Waals surface area contributed by atoms with Crippen LogP contribution in [0, 0.1) is 0 Å². The highest BCUT2D eigenvalue weighted by Gasteiger charge is 2.13. The highest BCUT2D eigenvalue weighted by Crippen LogP contribution is 2.35. The molecule has 0 fully saturated rings. The zero-order valence-corrected chi connectivity index (χ0v) is 23.1. The van der Waals surface area contributed by atoms with Crippen molar-refractivity contribution < 1.29 is 19.4 Å². The van der Waals surface area contributed by atoms with Gasteiger partial charge in [-0.2, -0.15) is 5.10 Å². The number of halogens is 5. The van der Waals surface area contributed by atoms with Gasteiger partial charge in [0.1, 0.15) is 12.4 Å². The fraction of sp³-hybridized carbons (Fsp3) is 0.0909. The van der Waals surface area contributed by atoms with Crippen LogP contribution in [0.25, 0.3) is 0 Å². The van der Waals surface area contributed by atoms with Crippen LogP contribution in [0.3, 0.4) is 0 Å². The maximum absolute atomic E-state index is 12.4. The summed E-state index contributed by atoms with van der Waals surface area (Å²) in [7, 11) is 1.52. The van der Waals surface area contributed by atoms with E-state index in [2.05, 4.69) is 58.3 Å². The summed E-state index contributed by atoms with van der Waals surface area (Å²) in [6.45, 7) is 0.222. The van der Waals surface area contributed by atoms with Crippen molar-refractivity contribution in [2.24, 2.45) is 5.10 Å². The first-order valence-corrected chi connectivity index (χ1v) is 12.3. The highest BCUT2D eigenvalue weighted by atomic mass is 79.9. The number of ether oxygens (including phenoxy) is 2. The number of rotatable bonds is 7. The molecule has 0 unspecified atom stereocenters. The number of carbonyl (C=O) groups excluding carboxylic acids is 1. The van der Waals surface area contributed by atoms with Crippen molar-refractivity contribution in [3.8, 4) is 17.2 Å². The summed E-state index contributed by atoms with van der Waals surface area (Å²) in [5, 5.41) is 14.8. The van der Waals surface area contributed by atoms with Gasteiger partial charge in [-0.1, -0.05) is 29.3 Å². The Balaban J connectivity index is 1.72. The molecule has 2 N–H and O–H groups in total. The average Bonchev–Trinajstić information content (AvgIpc) is 2.77. The van der Waals surface area contributed by atoms with Crippen molar-refractivity contribution in [2.75, 3.05) is 7.11 Å². The summed E-state index contributed by atoms with van der Waals surface area (Å²) in [6, 6.07) is 11.6. The molecular formula is C22H15Br3Cl2N2O4. The summed E-state index contributed by atoms with van der Waals surface area (Å²) < 4.78 is 12.7. The number of phenolic OH excluding ortho intramolecular Hbond substituents is 1. The summed E-state index contributed by atoms with van der Waals surface area (Å²) in [5.41, 5.74) is 4.19. The topological polar surface area (TPSA) is 80.2 Å². The lowest BCUT2D eigenvalue weighted by Gasteiger charge is -2.13. The Labute approximate surface area is 225 Å². The number of nitrogens with one attached hydrogen (secondary N) is 1. The molecule has 0 saturated heterocycles. The number of amides is 1. The Morgan fingerprint density at radius 3 is 2.39 bits per heavy atom. The van der Waals surface area contributed by atoms with Crippen molar-refractivity contribution in [3.05, 3.63) is 82.6 Å². The van der Waals surface area contributed by atoms with Crippen molar-refractivity contribution in [1.82, 2.24) is 5.43 Å². The number of hydrazone groups is 1. The molecule has 172 valence electrons. The van der Waals surface area contributed by atoms with Gasteiger partial charge in [0, 0.05) is 31.2 Å². The number of phenols is 1. The first-order chi connectivity index (χ1) is 15.7. The van der Waals surface area contributed by atoms with Crippen LogP contribution in [-0.2, 0) is 6.61 Å². The lowest BCUT2D eigenvalue weighted by atomic mass is 10.2. The Hall–Kier alpha value is -1.78. The van der Waals surface area contributed by atoms with Crippen LogP contribution in [-0.4, -0.2) is 24.3 Å². The van der Waals surface area contributed by atoms with Crippen LogP contribution < -0.4 is 14.9 Å². The van der Waals surface area contributed by atoms with E-state index in [1.165, 1.54) is 25.5 Å². The molecule has 1 amide bonds. The number of methoxy groups -OCH3 is 1. The largest absolute Gasteiger partial charge is 0.506 e. The van der Waals surface area contributed by atoms with Gasteiger partial charge in [-0.25, -0.2) is 5.43 Å². The van der Waals surface area contributed by atoms with Gasteiger partial charge in [-0.05, 0) is 84.2 Å². The van der Waals surface area contributed by atoms with Crippen LogP contribution in [0.2, 0.25) is 10.0 Å². The van der Waals surface area contributed by atoms with Crippen molar-refractivity contribution in [2.45, 2.75) is 6.61 Å². The predicted octanol–water partition coefficient (Wildman–Crippen LogP) is 7.34. The summed E-state index contributed by atoms with van der Waals surface area (Å²) in [5.74, 6) is 0.528. The maximum Gasteiger partial charge on any atom is 0.271 e. The molecule has 0 heterocycles. The van der Waals surface area contributed by atoms with E-state index in [-0.39, 0.29) is 12.4 Å². The second-order valence-electron chi connectivity index (χ2n) is 6.54. The zero-order valence-electron chi connectivity index (χ0n) is 16.8. The molecule has 3 aromatic rings. The minimum Gasteiger partial charge on any atom is -0.506 e. The molecule has 3 aromatic carbocycles. The smallest absolute Gasteiger partial charge is 0.271 e. The van der Waals surface area contributed by atoms with Crippen molar-refractivity contribution >= 4 is 83.1 Å². The van der Waals surface area contributed by atoms with E-state index < -0.39 is 5.91 Å². The lowest BCUT2D eigenvalue weighted by molar-refractivity contribution is 0.0955. The van der Waals surface area contributed by atoms with Crippen molar-refractivity contribution in [1.29, 1.82) is 0 Å². The minimum absolute atomic E-state index is 0.00622. The molecule has 0 aliphatic rings. The van der Waals surface area contributed by atoms with E-state index in [9.17, 15) is 9.90 Å². The molecule has 0 bridgehead atoms. The lowest BCUT2D eigenvalue weighted by Crippen LogP contribution is -2.17. The first kappa shape index (κ1) is 25.8. The molecule has 6 nitrogen and oxygen atoms in total. The fourth-order valence-electron chi connectivity index (χ4n) is 2.64. The standard InChI is InChI=1S/C22H15Br3Cl2N2O4/c1-32-19-6-13(9-28-29-22(31)12-4-16(24)21(30)17(25)5-12)15(23)8-20(19)33-10-11-2-3-14(26)7-18(11)27/h2-9,30H,10H2,1H3,(H,29,31). The van der Waals surface area contributed by atoms with Gasteiger partial charge in [0.25, 0.3) is 5.91 Å². The van der Waals surface area contributed by atoms with Gasteiger partial charge in [0.05, 0.1) is 22.3 Å². The number of carbonyl (C=O) groups is 1. The number of aromatic hydroxyl groups is 1. The van der Waals surface area contributed by atoms with Gasteiger partial charge in [-0.3, -0.25) is 4.79 Å². The van der Waals surface area contributed by atoms with Crippen LogP contribution >= 0.6 is 71.0 Å². The predicted molar refractivity (Wildman–Crippen MR) is 140 cm³/mol. The molecule has 0 saturated carbocycles. The molecule has 11 heteroatoms. The summed E-state index contributed by atoms with van der Waals surface area (Å²) in [6.07, 6.45) is 1.47. The summed E-state index contributed by atoms with van der Waals surface area (Å²) >= 11 is 22.0. The van der Waals surface area contributed by atoms with Crippen LogP contribution in [0.1, 0.15) is 21.5 Å². The molecule has 0 atom stereocenters. The second-order valence-corrected chi connectivity index (χ2v) is 9.94. The van der Waals surface area contributed by atoms with Crippen LogP contribution in [0.15, 0.2) is 61.0 Å². The van der Waals surface area contributed by atoms with E-state index in [1.807, 2.05) is 0 Å². The molecule has 0 aliphatic heterocycles. The van der Waals surface area contributed by atoms with Gasteiger partial charge < -0.3 is 14.6 Å². The molecule has 0 aromatic heterocycles. The number of hydrogen-bond donors (Lipinski definition) is 2. The summed E-state index contributed by atoms with van der Waals surface area (Å²) in [4.78, 5) is 12.4. The van der Waals surface area contributed by atoms with E-state index in [0.29, 0.717) is 46.1 Å². The highest BCUT2D eigenvalue weighted by molar-refractivity contribution is 9.11. The SMILES string of the molecule is COc1cc(C=NNC(=O)c2cc(Br)c(O)c(Br)c2)c(Br)cc1OCc1ccc(Cl)cc1Cl. The second kappa shape index (κ2) is 11.6. The van der Waals surface area contributed by atoms with Crippen LogP contribution in [0.5, 0.6) is 17.2 Å². The van der Waals surface area contributed by atoms with Gasteiger partial charge in [0.2, 0.25) is 0 Å². The minimum atomic E-state index is -0.449. The number of nitrogens with zero attached hydrogens (tertiary/aromatic N) is 1. The third kappa shape index (κ3) is 6.64. The number of benzene rings is 3. The quantitative estimate of drug-likeness (QED) is 0.202. The third-order valence-corrected chi connectivity index (χ3v) is 6.81. The maximum atomic E-state index is 12.4. The normalized spacial score (nSPS) is 11.0. The Kier molecular flexibility index (Phi) is 9.06. The Morgan fingerprint density at radius 2 is 1.76 bits per heavy atom. The Morgan fingerprint density at radius 1 is 1.06 bits per heavy atom. The van der Waals surface area contributed by atoms with E-state index >= 15 is 0 Å². The van der Waals surface area contributed by atoms with E-state index in [1.54, 1.807) is 30.3 Å². The molecule has 33 heavy (non-hydrogen) atoms. The molecular weight excluding hydrogens is 667 g/mol. The Bertz CT molecular complexity index is 1220. The van der Waals surface area contributed by atoms with E-state index in [4.69, 9.17) is 32.7 Å². The zero-order chi connectivity index (χ0) is 24.1. The van der Waals surface area contributed by atoms with Gasteiger partial charge >= 0.3 is 0 Å². The average molecular weight is 682 g/mol. The first-order valence-electron chi connectivity index (χ1n) is 9.15. The van der Waals surface area contributed by atoms with Crippen LogP contribution in [0.4, 0.5) is 0 Å².